The molecule has 0 amide bonds. The largest absolute Gasteiger partial charge is 0.440 e. The molecule has 2 N–H and O–H groups in total. The Morgan fingerprint density at radius 3 is 2.83 bits per heavy atom. The standard InChI is InChI=1S/C21H18N6O2/c22-20-16(19(28)15-3-1-2-4-18(15)29-20)11-27-6-5-17-14(10-27)9-25-21(26-17)13-7-23-12-24-8-13/h1-4,7-9,12H,5-6,10-11,22H2. The Morgan fingerprint density at radius 2 is 1.97 bits per heavy atom. The predicted molar refractivity (Wildman–Crippen MR) is 108 cm³/mol. The van der Waals surface area contributed by atoms with E-state index in [1.165, 1.54) is 6.33 Å². The highest BCUT2D eigenvalue weighted by molar-refractivity contribution is 5.78. The van der Waals surface area contributed by atoms with E-state index in [1.54, 1.807) is 24.5 Å². The Labute approximate surface area is 166 Å². The quantitative estimate of drug-likeness (QED) is 0.570. The molecular weight excluding hydrogens is 368 g/mol. The second kappa shape index (κ2) is 7.06. The first-order chi connectivity index (χ1) is 14.2. The molecule has 4 heterocycles. The minimum absolute atomic E-state index is 0.0779. The van der Waals surface area contributed by atoms with Crippen molar-refractivity contribution in [1.82, 2.24) is 24.8 Å². The highest BCUT2D eigenvalue weighted by atomic mass is 16.3. The fourth-order valence-electron chi connectivity index (χ4n) is 3.63. The van der Waals surface area contributed by atoms with Gasteiger partial charge in [-0.25, -0.2) is 19.9 Å². The highest BCUT2D eigenvalue weighted by Crippen LogP contribution is 2.23. The number of nitrogens with zero attached hydrogens (tertiary/aromatic N) is 5. The van der Waals surface area contributed by atoms with E-state index < -0.39 is 0 Å². The third-order valence-corrected chi connectivity index (χ3v) is 5.14. The Kier molecular flexibility index (Phi) is 4.25. The van der Waals surface area contributed by atoms with Gasteiger partial charge < -0.3 is 10.2 Å². The van der Waals surface area contributed by atoms with Gasteiger partial charge in [-0.3, -0.25) is 9.69 Å². The van der Waals surface area contributed by atoms with E-state index in [0.29, 0.717) is 35.4 Å². The predicted octanol–water partition coefficient (Wildman–Crippen LogP) is 2.18. The summed E-state index contributed by atoms with van der Waals surface area (Å²) in [6, 6.07) is 7.16. The van der Waals surface area contributed by atoms with E-state index >= 15 is 0 Å². The van der Waals surface area contributed by atoms with Crippen LogP contribution >= 0.6 is 0 Å². The van der Waals surface area contributed by atoms with Gasteiger partial charge in [-0.15, -0.1) is 0 Å². The van der Waals surface area contributed by atoms with Crippen LogP contribution in [0, 0.1) is 0 Å². The zero-order valence-corrected chi connectivity index (χ0v) is 15.6. The van der Waals surface area contributed by atoms with Crippen LogP contribution < -0.4 is 11.2 Å². The first kappa shape index (κ1) is 17.4. The number of hydrogen-bond donors (Lipinski definition) is 1. The van der Waals surface area contributed by atoms with Crippen LogP contribution in [0.1, 0.15) is 16.8 Å². The van der Waals surface area contributed by atoms with Crippen molar-refractivity contribution in [3.63, 3.8) is 0 Å². The first-order valence-corrected chi connectivity index (χ1v) is 9.32. The summed E-state index contributed by atoms with van der Waals surface area (Å²) in [6.45, 7) is 1.83. The molecule has 5 rings (SSSR count). The number of nitrogens with two attached hydrogens (primary N) is 1. The normalized spacial score (nSPS) is 14.1. The number of anilines is 1. The summed E-state index contributed by atoms with van der Waals surface area (Å²) in [5.74, 6) is 0.799. The maximum Gasteiger partial charge on any atom is 0.199 e. The molecule has 0 saturated carbocycles. The average molecular weight is 386 g/mol. The van der Waals surface area contributed by atoms with Crippen molar-refractivity contribution in [3.8, 4) is 11.4 Å². The van der Waals surface area contributed by atoms with Crippen LogP contribution in [0.15, 0.2) is 58.4 Å². The third kappa shape index (κ3) is 3.23. The van der Waals surface area contributed by atoms with Crippen molar-refractivity contribution in [1.29, 1.82) is 0 Å². The van der Waals surface area contributed by atoms with Crippen LogP contribution in [0.25, 0.3) is 22.4 Å². The van der Waals surface area contributed by atoms with Crippen LogP contribution in [0.4, 0.5) is 5.88 Å². The summed E-state index contributed by atoms with van der Waals surface area (Å²) in [4.78, 5) is 32.2. The molecule has 0 atom stereocenters. The van der Waals surface area contributed by atoms with E-state index in [4.69, 9.17) is 10.2 Å². The van der Waals surface area contributed by atoms with Crippen molar-refractivity contribution >= 4 is 16.9 Å². The fourth-order valence-corrected chi connectivity index (χ4v) is 3.63. The zero-order chi connectivity index (χ0) is 19.8. The molecule has 144 valence electrons. The van der Waals surface area contributed by atoms with Gasteiger partial charge in [-0.1, -0.05) is 12.1 Å². The van der Waals surface area contributed by atoms with E-state index in [-0.39, 0.29) is 11.3 Å². The summed E-state index contributed by atoms with van der Waals surface area (Å²) in [6.07, 6.45) is 7.48. The molecule has 0 spiro atoms. The molecule has 0 unspecified atom stereocenters. The smallest absolute Gasteiger partial charge is 0.199 e. The molecule has 0 bridgehead atoms. The highest BCUT2D eigenvalue weighted by Gasteiger charge is 2.22. The van der Waals surface area contributed by atoms with Crippen LogP contribution in [0.2, 0.25) is 0 Å². The number of benzene rings is 1. The Morgan fingerprint density at radius 1 is 1.14 bits per heavy atom. The molecule has 1 aliphatic heterocycles. The van der Waals surface area contributed by atoms with Crippen LogP contribution in [-0.2, 0) is 19.5 Å². The van der Waals surface area contributed by atoms with Gasteiger partial charge in [0, 0.05) is 50.2 Å². The van der Waals surface area contributed by atoms with Crippen LogP contribution in [-0.4, -0.2) is 31.4 Å². The SMILES string of the molecule is Nc1oc2ccccc2c(=O)c1CN1CCc2nc(-c3cncnc3)ncc2C1. The molecule has 4 aromatic rings. The van der Waals surface area contributed by atoms with Gasteiger partial charge in [-0.2, -0.15) is 0 Å². The molecular formula is C21H18N6O2. The summed E-state index contributed by atoms with van der Waals surface area (Å²) >= 11 is 0. The lowest BCUT2D eigenvalue weighted by molar-refractivity contribution is 0.241. The van der Waals surface area contributed by atoms with Gasteiger partial charge in [0.25, 0.3) is 0 Å². The summed E-state index contributed by atoms with van der Waals surface area (Å²) < 4.78 is 5.66. The van der Waals surface area contributed by atoms with Crippen LogP contribution in [0.3, 0.4) is 0 Å². The van der Waals surface area contributed by atoms with Crippen molar-refractivity contribution in [2.24, 2.45) is 0 Å². The van der Waals surface area contributed by atoms with Gasteiger partial charge >= 0.3 is 0 Å². The molecule has 1 aromatic carbocycles. The van der Waals surface area contributed by atoms with Gasteiger partial charge in [0.2, 0.25) is 0 Å². The second-order valence-corrected chi connectivity index (χ2v) is 7.02. The number of aromatic nitrogens is 4. The van der Waals surface area contributed by atoms with E-state index in [1.807, 2.05) is 18.3 Å². The van der Waals surface area contributed by atoms with Gasteiger partial charge in [-0.05, 0) is 12.1 Å². The minimum atomic E-state index is -0.0779. The van der Waals surface area contributed by atoms with Gasteiger partial charge in [0.15, 0.2) is 17.1 Å². The first-order valence-electron chi connectivity index (χ1n) is 9.32. The summed E-state index contributed by atoms with van der Waals surface area (Å²) in [7, 11) is 0. The van der Waals surface area contributed by atoms with E-state index in [9.17, 15) is 4.79 Å². The summed E-state index contributed by atoms with van der Waals surface area (Å²) in [5.41, 5.74) is 9.82. The Bertz CT molecular complexity index is 1260. The van der Waals surface area contributed by atoms with Crippen molar-refractivity contribution in [3.05, 3.63) is 76.2 Å². The van der Waals surface area contributed by atoms with Crippen molar-refractivity contribution in [2.75, 3.05) is 12.3 Å². The molecule has 29 heavy (non-hydrogen) atoms. The molecule has 8 heteroatoms. The van der Waals surface area contributed by atoms with E-state index in [2.05, 4.69) is 24.8 Å². The molecule has 1 aliphatic rings. The lowest BCUT2D eigenvalue weighted by Crippen LogP contribution is -2.33. The molecule has 0 aliphatic carbocycles. The lowest BCUT2D eigenvalue weighted by atomic mass is 10.1. The van der Waals surface area contributed by atoms with Gasteiger partial charge in [0.1, 0.15) is 11.9 Å². The molecule has 0 radical (unpaired) electrons. The number of nitrogen functional groups attached to an aromatic ring is 1. The summed E-state index contributed by atoms with van der Waals surface area (Å²) in [5, 5.41) is 0.548. The average Bonchev–Trinajstić information content (AvgIpc) is 2.77. The Balaban J connectivity index is 1.41. The maximum absolute atomic E-state index is 12.9. The lowest BCUT2D eigenvalue weighted by Gasteiger charge is -2.28. The van der Waals surface area contributed by atoms with Gasteiger partial charge in [0.05, 0.1) is 22.2 Å². The van der Waals surface area contributed by atoms with Crippen LogP contribution in [0.5, 0.6) is 0 Å². The Hall–Kier alpha value is -3.65. The molecule has 0 fully saturated rings. The molecule has 0 saturated heterocycles. The van der Waals surface area contributed by atoms with Crippen molar-refractivity contribution in [2.45, 2.75) is 19.5 Å². The van der Waals surface area contributed by atoms with E-state index in [0.717, 1.165) is 29.8 Å². The zero-order valence-electron chi connectivity index (χ0n) is 15.6. The number of hydrogen-bond acceptors (Lipinski definition) is 8. The number of para-hydroxylation sites is 1. The van der Waals surface area contributed by atoms with Crippen molar-refractivity contribution < 1.29 is 4.42 Å². The molecule has 8 nitrogen and oxygen atoms in total. The topological polar surface area (TPSA) is 111 Å². The fraction of sp³-hybridized carbons (Fsp3) is 0.190. The minimum Gasteiger partial charge on any atom is -0.440 e. The number of rotatable bonds is 3. The molecule has 3 aromatic heterocycles. The monoisotopic (exact) mass is 386 g/mol. The maximum atomic E-state index is 12.9. The third-order valence-electron chi connectivity index (χ3n) is 5.14. The second-order valence-electron chi connectivity index (χ2n) is 7.02. The number of fused-ring (bicyclic) bond motifs is 2.